The molecule has 0 radical (unpaired) electrons. The molecule has 0 aliphatic rings. The molecule has 2 N–H and O–H groups in total. The minimum atomic E-state index is -3.56. The lowest BCUT2D eigenvalue weighted by molar-refractivity contribution is -0.141. The molecule has 0 fully saturated rings. The molecule has 0 aliphatic heterocycles. The van der Waals surface area contributed by atoms with Crippen LogP contribution in [-0.4, -0.2) is 36.7 Å². The Hall–Kier alpha value is -4.34. The predicted molar refractivity (Wildman–Crippen MR) is 158 cm³/mol. The molecule has 1 atom stereocenters. The summed E-state index contributed by atoms with van der Waals surface area (Å²) in [6.07, 6.45) is 2.20. The predicted octanol–water partition coefficient (Wildman–Crippen LogP) is 4.40. The van der Waals surface area contributed by atoms with Crippen LogP contribution in [0.15, 0.2) is 114 Å². The van der Waals surface area contributed by atoms with Crippen molar-refractivity contribution in [2.24, 2.45) is 0 Å². The summed E-state index contributed by atoms with van der Waals surface area (Å²) in [5.74, 6) is -0.496. The molecule has 0 unspecified atom stereocenters. The number of carbonyl (C=O) groups is 2. The number of benzene rings is 3. The van der Waals surface area contributed by atoms with Crippen LogP contribution >= 0.6 is 0 Å². The zero-order valence-electron chi connectivity index (χ0n) is 22.9. The topological polar surface area (TPSA) is 108 Å². The fourth-order valence-electron chi connectivity index (χ4n) is 4.49. The third-order valence-electron chi connectivity index (χ3n) is 6.56. The van der Waals surface area contributed by atoms with Gasteiger partial charge >= 0.3 is 0 Å². The van der Waals surface area contributed by atoms with Crippen molar-refractivity contribution in [2.75, 3.05) is 6.54 Å². The van der Waals surface area contributed by atoms with Gasteiger partial charge in [-0.2, -0.15) is 0 Å². The third kappa shape index (κ3) is 8.33. The summed E-state index contributed by atoms with van der Waals surface area (Å²) in [5.41, 5.74) is 3.14. The molecule has 8 nitrogen and oxygen atoms in total. The second kappa shape index (κ2) is 14.3. The zero-order chi connectivity index (χ0) is 29.1. The maximum absolute atomic E-state index is 13.9. The van der Waals surface area contributed by atoms with Crippen LogP contribution in [0.5, 0.6) is 0 Å². The maximum Gasteiger partial charge on any atom is 0.247 e. The number of aryl methyl sites for hydroxylation is 1. The van der Waals surface area contributed by atoms with E-state index in [4.69, 9.17) is 0 Å². The average molecular weight is 571 g/mol. The Kier molecular flexibility index (Phi) is 10.4. The van der Waals surface area contributed by atoms with E-state index in [0.29, 0.717) is 24.2 Å². The third-order valence-corrected chi connectivity index (χ3v) is 8.12. The van der Waals surface area contributed by atoms with E-state index in [2.05, 4.69) is 15.0 Å². The van der Waals surface area contributed by atoms with Crippen molar-refractivity contribution < 1.29 is 18.0 Å². The molecule has 1 heterocycles. The number of nitrogens with one attached hydrogen (secondary N) is 2. The molecule has 212 valence electrons. The van der Waals surface area contributed by atoms with Crippen LogP contribution < -0.4 is 10.0 Å². The van der Waals surface area contributed by atoms with E-state index < -0.39 is 16.1 Å². The number of hydrogen-bond acceptors (Lipinski definition) is 5. The monoisotopic (exact) mass is 570 g/mol. The first-order valence-corrected chi connectivity index (χ1v) is 15.0. The van der Waals surface area contributed by atoms with Crippen molar-refractivity contribution in [1.29, 1.82) is 0 Å². The molecule has 41 heavy (non-hydrogen) atoms. The molecule has 9 heteroatoms. The number of carbonyl (C=O) groups excluding carboxylic acids is 2. The summed E-state index contributed by atoms with van der Waals surface area (Å²) < 4.78 is 27.0. The summed E-state index contributed by atoms with van der Waals surface area (Å²) >= 11 is 0. The number of hydrogen-bond donors (Lipinski definition) is 2. The number of pyridine rings is 1. The molecule has 0 saturated carbocycles. The van der Waals surface area contributed by atoms with E-state index in [1.165, 1.54) is 12.1 Å². The fourth-order valence-corrected chi connectivity index (χ4v) is 5.53. The van der Waals surface area contributed by atoms with Gasteiger partial charge in [-0.05, 0) is 47.4 Å². The minimum Gasteiger partial charge on any atom is -0.348 e. The molecular formula is C32H34N4O4S. The Morgan fingerprint density at radius 3 is 2.12 bits per heavy atom. The first-order chi connectivity index (χ1) is 19.9. The van der Waals surface area contributed by atoms with Crippen molar-refractivity contribution in [3.05, 3.63) is 132 Å². The van der Waals surface area contributed by atoms with Crippen molar-refractivity contribution in [1.82, 2.24) is 19.9 Å². The van der Waals surface area contributed by atoms with E-state index >= 15 is 0 Å². The lowest BCUT2D eigenvalue weighted by atomic mass is 10.0. The van der Waals surface area contributed by atoms with Crippen LogP contribution in [0.1, 0.15) is 41.8 Å². The van der Waals surface area contributed by atoms with Crippen molar-refractivity contribution in [3.63, 3.8) is 0 Å². The molecular weight excluding hydrogens is 536 g/mol. The highest BCUT2D eigenvalue weighted by Gasteiger charge is 2.31. The lowest BCUT2D eigenvalue weighted by Gasteiger charge is -2.32. The zero-order valence-corrected chi connectivity index (χ0v) is 23.8. The van der Waals surface area contributed by atoms with Crippen molar-refractivity contribution >= 4 is 21.8 Å². The summed E-state index contributed by atoms with van der Waals surface area (Å²) in [4.78, 5) is 33.6. The molecule has 4 rings (SSSR count). The highest BCUT2D eigenvalue weighted by Crippen LogP contribution is 2.25. The molecule has 1 aromatic heterocycles. The second-order valence-electron chi connectivity index (χ2n) is 9.50. The largest absolute Gasteiger partial charge is 0.348 e. The van der Waals surface area contributed by atoms with Gasteiger partial charge in [0.25, 0.3) is 0 Å². The van der Waals surface area contributed by atoms with Crippen LogP contribution in [0, 0.1) is 0 Å². The Bertz CT molecular complexity index is 1510. The molecule has 3 aromatic carbocycles. The van der Waals surface area contributed by atoms with Gasteiger partial charge in [-0.25, -0.2) is 13.1 Å². The van der Waals surface area contributed by atoms with Crippen LogP contribution in [0.3, 0.4) is 0 Å². The van der Waals surface area contributed by atoms with Gasteiger partial charge in [-0.15, -0.1) is 0 Å². The van der Waals surface area contributed by atoms with Gasteiger partial charge < -0.3 is 10.2 Å². The Labute approximate surface area is 241 Å². The number of aromatic nitrogens is 1. The molecule has 4 aromatic rings. The highest BCUT2D eigenvalue weighted by atomic mass is 32.2. The van der Waals surface area contributed by atoms with Gasteiger partial charge in [0.15, 0.2) is 0 Å². The standard InChI is InChI=1S/C32H34N4O4S/c1-2-35-41(39,40)29-19-16-25(17-20-29)18-21-30(37)36(24-26-11-5-3-6-12-26)31(27-13-7-4-8-14-27)32(38)34-23-28-15-9-10-22-33-28/h3-17,19-20,22,31,35H,2,18,21,23-24H2,1H3,(H,34,38)/t31-/m1/s1. The molecule has 0 bridgehead atoms. The number of sulfonamides is 1. The fraction of sp³-hybridized carbons (Fsp3) is 0.219. The summed E-state index contributed by atoms with van der Waals surface area (Å²) in [6, 6.07) is 30.0. The quantitative estimate of drug-likeness (QED) is 0.248. The number of rotatable bonds is 13. The van der Waals surface area contributed by atoms with E-state index in [1.807, 2.05) is 78.9 Å². The summed E-state index contributed by atoms with van der Waals surface area (Å²) in [5, 5.41) is 2.96. The van der Waals surface area contributed by atoms with E-state index in [0.717, 1.165) is 11.1 Å². The van der Waals surface area contributed by atoms with Gasteiger partial charge in [0, 0.05) is 25.7 Å². The molecule has 2 amide bonds. The first-order valence-electron chi connectivity index (χ1n) is 13.5. The van der Waals surface area contributed by atoms with Crippen LogP contribution in [-0.2, 0) is 39.1 Å². The Morgan fingerprint density at radius 1 is 0.829 bits per heavy atom. The number of amides is 2. The Morgan fingerprint density at radius 2 is 1.49 bits per heavy atom. The number of nitrogens with zero attached hydrogens (tertiary/aromatic N) is 2. The van der Waals surface area contributed by atoms with Crippen LogP contribution in [0.2, 0.25) is 0 Å². The minimum absolute atomic E-state index is 0.142. The van der Waals surface area contributed by atoms with E-state index in [1.54, 1.807) is 30.2 Å². The normalized spacial score (nSPS) is 11.9. The molecule has 0 spiro atoms. The van der Waals surface area contributed by atoms with Gasteiger partial charge in [0.2, 0.25) is 21.8 Å². The smallest absolute Gasteiger partial charge is 0.247 e. The maximum atomic E-state index is 13.9. The van der Waals surface area contributed by atoms with Crippen molar-refractivity contribution in [3.8, 4) is 0 Å². The summed E-state index contributed by atoms with van der Waals surface area (Å²) in [7, 11) is -3.56. The Balaban J connectivity index is 1.58. The lowest BCUT2D eigenvalue weighted by Crippen LogP contribution is -2.43. The van der Waals surface area contributed by atoms with Crippen LogP contribution in [0.25, 0.3) is 0 Å². The van der Waals surface area contributed by atoms with Gasteiger partial charge in [0.1, 0.15) is 6.04 Å². The average Bonchev–Trinajstić information content (AvgIpc) is 3.00. The highest BCUT2D eigenvalue weighted by molar-refractivity contribution is 7.89. The summed E-state index contributed by atoms with van der Waals surface area (Å²) in [6.45, 7) is 2.50. The molecule has 0 saturated heterocycles. The van der Waals surface area contributed by atoms with Crippen molar-refractivity contribution in [2.45, 2.75) is 43.8 Å². The van der Waals surface area contributed by atoms with E-state index in [9.17, 15) is 18.0 Å². The second-order valence-corrected chi connectivity index (χ2v) is 11.3. The molecule has 0 aliphatic carbocycles. The van der Waals surface area contributed by atoms with Gasteiger partial charge in [-0.1, -0.05) is 85.8 Å². The van der Waals surface area contributed by atoms with Crippen LogP contribution in [0.4, 0.5) is 0 Å². The van der Waals surface area contributed by atoms with E-state index in [-0.39, 0.29) is 36.2 Å². The first kappa shape index (κ1) is 29.6. The van der Waals surface area contributed by atoms with Gasteiger partial charge in [-0.3, -0.25) is 14.6 Å². The SMILES string of the molecule is CCNS(=O)(=O)c1ccc(CCC(=O)N(Cc2ccccc2)[C@@H](C(=O)NCc2ccccn2)c2ccccc2)cc1. The van der Waals surface area contributed by atoms with Gasteiger partial charge in [0.05, 0.1) is 17.1 Å².